The molecule has 2 heterocycles. The molecule has 1 amide bonds. The van der Waals surface area contributed by atoms with Crippen LogP contribution in [-0.2, 0) is 6.42 Å². The summed E-state index contributed by atoms with van der Waals surface area (Å²) in [4.78, 5) is 19.3. The molecule has 1 aliphatic heterocycles. The van der Waals surface area contributed by atoms with E-state index in [0.717, 1.165) is 29.3 Å². The Kier molecular flexibility index (Phi) is 5.16. The molecule has 1 fully saturated rings. The normalized spacial score (nSPS) is 16.4. The Morgan fingerprint density at radius 3 is 2.52 bits per heavy atom. The number of benzene rings is 2. The van der Waals surface area contributed by atoms with Gasteiger partial charge in [0.2, 0.25) is 0 Å². The zero-order chi connectivity index (χ0) is 18.6. The highest BCUT2D eigenvalue weighted by Crippen LogP contribution is 2.25. The lowest BCUT2D eigenvalue weighted by atomic mass is 9.87. The van der Waals surface area contributed by atoms with E-state index in [0.29, 0.717) is 25.1 Å². The highest BCUT2D eigenvalue weighted by atomic mass is 16.3. The second kappa shape index (κ2) is 7.89. The molecule has 1 aromatic heterocycles. The molecule has 0 bridgehead atoms. The number of nitrogens with zero attached hydrogens (tertiary/aromatic N) is 2. The largest absolute Gasteiger partial charge is 0.392 e. The van der Waals surface area contributed by atoms with Crippen LogP contribution in [0, 0.1) is 5.92 Å². The first-order chi connectivity index (χ1) is 13.2. The summed E-state index contributed by atoms with van der Waals surface area (Å²) in [7, 11) is 0. The first kappa shape index (κ1) is 17.7. The van der Waals surface area contributed by atoms with Crippen molar-refractivity contribution < 1.29 is 9.90 Å². The van der Waals surface area contributed by atoms with Gasteiger partial charge >= 0.3 is 0 Å². The zero-order valence-electron chi connectivity index (χ0n) is 15.3. The number of fused-ring (bicyclic) bond motifs is 1. The highest BCUT2D eigenvalue weighted by molar-refractivity contribution is 6.05. The number of rotatable bonds is 4. The smallest absolute Gasteiger partial charge is 0.254 e. The summed E-state index contributed by atoms with van der Waals surface area (Å²) in [6, 6.07) is 19.7. The second-order valence-electron chi connectivity index (χ2n) is 7.26. The summed E-state index contributed by atoms with van der Waals surface area (Å²) in [6.07, 6.45) is 3.69. The van der Waals surface area contributed by atoms with Crippen molar-refractivity contribution in [3.63, 3.8) is 0 Å². The molecule has 4 nitrogen and oxygen atoms in total. The number of aliphatic hydroxyl groups is 1. The van der Waals surface area contributed by atoms with Crippen LogP contribution in [0.1, 0.15) is 28.8 Å². The van der Waals surface area contributed by atoms with Crippen molar-refractivity contribution in [1.29, 1.82) is 0 Å². The molecular formula is C23H24N2O2. The van der Waals surface area contributed by atoms with Gasteiger partial charge in [-0.15, -0.1) is 0 Å². The van der Waals surface area contributed by atoms with Crippen molar-refractivity contribution in [3.05, 3.63) is 78.0 Å². The minimum Gasteiger partial charge on any atom is -0.392 e. The summed E-state index contributed by atoms with van der Waals surface area (Å²) >= 11 is 0. The summed E-state index contributed by atoms with van der Waals surface area (Å²) < 4.78 is 0. The fraction of sp³-hybridized carbons (Fsp3) is 0.304. The van der Waals surface area contributed by atoms with Gasteiger partial charge in [0, 0.05) is 24.7 Å². The Labute approximate surface area is 159 Å². The number of para-hydroxylation sites is 1. The predicted octanol–water partition coefficient (Wildman–Crippen LogP) is 3.69. The van der Waals surface area contributed by atoms with E-state index in [2.05, 4.69) is 17.1 Å². The van der Waals surface area contributed by atoms with E-state index in [1.54, 1.807) is 12.3 Å². The van der Waals surface area contributed by atoms with E-state index in [9.17, 15) is 9.90 Å². The van der Waals surface area contributed by atoms with E-state index < -0.39 is 0 Å². The third-order valence-electron chi connectivity index (χ3n) is 5.54. The molecule has 27 heavy (non-hydrogen) atoms. The van der Waals surface area contributed by atoms with Crippen molar-refractivity contribution in [3.8, 4) is 0 Å². The fourth-order valence-electron chi connectivity index (χ4n) is 3.96. The monoisotopic (exact) mass is 360 g/mol. The van der Waals surface area contributed by atoms with E-state index in [1.807, 2.05) is 47.4 Å². The van der Waals surface area contributed by atoms with Crippen molar-refractivity contribution in [2.24, 2.45) is 5.92 Å². The molecule has 0 aliphatic carbocycles. The molecule has 1 aliphatic rings. The van der Waals surface area contributed by atoms with Crippen molar-refractivity contribution in [2.75, 3.05) is 13.1 Å². The Morgan fingerprint density at radius 2 is 1.74 bits per heavy atom. The third-order valence-corrected chi connectivity index (χ3v) is 5.54. The molecule has 2 aromatic carbocycles. The Bertz CT molecular complexity index is 913. The van der Waals surface area contributed by atoms with Gasteiger partial charge in [-0.3, -0.25) is 9.78 Å². The molecule has 3 aromatic rings. The quantitative estimate of drug-likeness (QED) is 0.772. The number of carbonyl (C=O) groups excluding carboxylic acids is 1. The predicted molar refractivity (Wildman–Crippen MR) is 107 cm³/mol. The van der Waals surface area contributed by atoms with Gasteiger partial charge in [0.15, 0.2) is 0 Å². The van der Waals surface area contributed by atoms with Crippen LogP contribution < -0.4 is 0 Å². The number of hydrogen-bond acceptors (Lipinski definition) is 3. The number of piperidine rings is 1. The third kappa shape index (κ3) is 3.86. The van der Waals surface area contributed by atoms with Crippen LogP contribution in [0.5, 0.6) is 0 Å². The van der Waals surface area contributed by atoms with Crippen LogP contribution in [0.3, 0.4) is 0 Å². The van der Waals surface area contributed by atoms with Gasteiger partial charge in [-0.05, 0) is 42.9 Å². The first-order valence-electron chi connectivity index (χ1n) is 9.57. The van der Waals surface area contributed by atoms with Crippen LogP contribution >= 0.6 is 0 Å². The van der Waals surface area contributed by atoms with E-state index in [-0.39, 0.29) is 17.9 Å². The number of likely N-dealkylation sites (tertiary alicyclic amines) is 1. The molecule has 4 rings (SSSR count). The van der Waals surface area contributed by atoms with Gasteiger partial charge in [-0.1, -0.05) is 48.5 Å². The zero-order valence-corrected chi connectivity index (χ0v) is 15.3. The maximum Gasteiger partial charge on any atom is 0.254 e. The number of carbonyl (C=O) groups is 1. The van der Waals surface area contributed by atoms with Crippen molar-refractivity contribution in [2.45, 2.75) is 25.4 Å². The molecule has 138 valence electrons. The van der Waals surface area contributed by atoms with Crippen LogP contribution in [0.15, 0.2) is 66.9 Å². The van der Waals surface area contributed by atoms with E-state index in [4.69, 9.17) is 0 Å². The average Bonchev–Trinajstić information content (AvgIpc) is 2.73. The maximum atomic E-state index is 13.0. The molecule has 1 N–H and O–H groups in total. The molecular weight excluding hydrogens is 336 g/mol. The topological polar surface area (TPSA) is 53.4 Å². The molecule has 4 heteroatoms. The minimum atomic E-state index is -0.355. The SMILES string of the molecule is O=C(c1ccnc2ccccc12)N1CCC([C@@H](O)Cc2ccccc2)CC1. The molecule has 0 spiro atoms. The van der Waals surface area contributed by atoms with Crippen LogP contribution in [-0.4, -0.2) is 40.1 Å². The lowest BCUT2D eigenvalue weighted by molar-refractivity contribution is 0.0468. The Morgan fingerprint density at radius 1 is 1.04 bits per heavy atom. The highest BCUT2D eigenvalue weighted by Gasteiger charge is 2.28. The van der Waals surface area contributed by atoms with Gasteiger partial charge in [0.05, 0.1) is 17.2 Å². The molecule has 0 radical (unpaired) electrons. The summed E-state index contributed by atoms with van der Waals surface area (Å²) in [5, 5.41) is 11.5. The summed E-state index contributed by atoms with van der Waals surface area (Å²) in [5.41, 5.74) is 2.71. The summed E-state index contributed by atoms with van der Waals surface area (Å²) in [5.74, 6) is 0.299. The Balaban J connectivity index is 1.40. The van der Waals surface area contributed by atoms with Gasteiger partial charge in [0.25, 0.3) is 5.91 Å². The fourth-order valence-corrected chi connectivity index (χ4v) is 3.96. The standard InChI is InChI=1S/C23H24N2O2/c26-22(16-17-6-2-1-3-7-17)18-11-14-25(15-12-18)23(27)20-10-13-24-21-9-5-4-8-19(20)21/h1-10,13,18,22,26H,11-12,14-16H2/t22-/m0/s1. The number of aliphatic hydroxyl groups excluding tert-OH is 1. The first-order valence-corrected chi connectivity index (χ1v) is 9.57. The Hall–Kier alpha value is -2.72. The average molecular weight is 360 g/mol. The lowest BCUT2D eigenvalue weighted by Crippen LogP contribution is -2.41. The maximum absolute atomic E-state index is 13.0. The number of amides is 1. The second-order valence-corrected chi connectivity index (χ2v) is 7.26. The van der Waals surface area contributed by atoms with Gasteiger partial charge in [-0.2, -0.15) is 0 Å². The molecule has 1 saturated heterocycles. The van der Waals surface area contributed by atoms with Crippen molar-refractivity contribution in [1.82, 2.24) is 9.88 Å². The van der Waals surface area contributed by atoms with Gasteiger partial charge in [-0.25, -0.2) is 0 Å². The number of aromatic nitrogens is 1. The molecule has 0 saturated carbocycles. The summed E-state index contributed by atoms with van der Waals surface area (Å²) in [6.45, 7) is 1.37. The van der Waals surface area contributed by atoms with Gasteiger partial charge in [0.1, 0.15) is 0 Å². The lowest BCUT2D eigenvalue weighted by Gasteiger charge is -2.34. The minimum absolute atomic E-state index is 0.0598. The van der Waals surface area contributed by atoms with Gasteiger partial charge < -0.3 is 10.0 Å². The number of pyridine rings is 1. The van der Waals surface area contributed by atoms with E-state index in [1.165, 1.54) is 0 Å². The van der Waals surface area contributed by atoms with Crippen LogP contribution in [0.25, 0.3) is 10.9 Å². The molecule has 0 unspecified atom stereocenters. The molecule has 1 atom stereocenters. The van der Waals surface area contributed by atoms with Crippen molar-refractivity contribution >= 4 is 16.8 Å². The number of hydrogen-bond donors (Lipinski definition) is 1. The van der Waals surface area contributed by atoms with Crippen LogP contribution in [0.4, 0.5) is 0 Å². The van der Waals surface area contributed by atoms with Crippen LogP contribution in [0.2, 0.25) is 0 Å². The van der Waals surface area contributed by atoms with E-state index >= 15 is 0 Å².